The Balaban J connectivity index is 1.95. The molecule has 2 rings (SSSR count). The molecule has 6 heteroatoms. The quantitative estimate of drug-likeness (QED) is 0.627. The summed E-state index contributed by atoms with van der Waals surface area (Å²) in [6.45, 7) is -0.300. The molecule has 0 heterocycles. The minimum atomic E-state index is -4.89. The fourth-order valence-corrected chi connectivity index (χ4v) is 3.13. The van der Waals surface area contributed by atoms with Crippen molar-refractivity contribution in [3.63, 3.8) is 0 Å². The molecule has 1 saturated carbocycles. The molecule has 1 aromatic carbocycles. The summed E-state index contributed by atoms with van der Waals surface area (Å²) in [6, 6.07) is 3.66. The lowest BCUT2D eigenvalue weighted by atomic mass is 9.77. The van der Waals surface area contributed by atoms with Gasteiger partial charge in [-0.15, -0.1) is 13.2 Å². The molecule has 0 radical (unpaired) electrons. The highest BCUT2D eigenvalue weighted by Gasteiger charge is 2.32. The molecular formula is C16H19F5O. The van der Waals surface area contributed by atoms with E-state index < -0.39 is 17.9 Å². The van der Waals surface area contributed by atoms with Crippen LogP contribution in [-0.2, 0) is 0 Å². The van der Waals surface area contributed by atoms with Crippen LogP contribution in [0.2, 0.25) is 0 Å². The minimum Gasteiger partial charge on any atom is -0.403 e. The molecule has 0 saturated heterocycles. The molecule has 1 aliphatic rings. The summed E-state index contributed by atoms with van der Waals surface area (Å²) in [7, 11) is 0. The van der Waals surface area contributed by atoms with E-state index in [4.69, 9.17) is 0 Å². The maximum atomic E-state index is 13.7. The van der Waals surface area contributed by atoms with Crippen molar-refractivity contribution < 1.29 is 26.7 Å². The molecule has 0 aliphatic heterocycles. The molecule has 1 nitrogen and oxygen atoms in total. The maximum Gasteiger partial charge on any atom is 0.573 e. The summed E-state index contributed by atoms with van der Waals surface area (Å²) in [5.41, 5.74) is 0.705. The number of ether oxygens (including phenoxy) is 1. The van der Waals surface area contributed by atoms with Gasteiger partial charge in [0.25, 0.3) is 0 Å². The molecule has 0 unspecified atom stereocenters. The van der Waals surface area contributed by atoms with Crippen LogP contribution >= 0.6 is 0 Å². The number of hydrogen-bond donors (Lipinski definition) is 0. The van der Waals surface area contributed by atoms with E-state index in [1.807, 2.05) is 0 Å². The van der Waals surface area contributed by atoms with Gasteiger partial charge in [-0.2, -0.15) is 0 Å². The van der Waals surface area contributed by atoms with Gasteiger partial charge in [-0.3, -0.25) is 4.39 Å². The molecule has 0 bridgehead atoms. The summed E-state index contributed by atoms with van der Waals surface area (Å²) in [5.74, 6) is -1.14. The first kappa shape index (κ1) is 17.0. The molecule has 22 heavy (non-hydrogen) atoms. The number of halogens is 5. The second-order valence-corrected chi connectivity index (χ2v) is 5.79. The van der Waals surface area contributed by atoms with Gasteiger partial charge in [0.15, 0.2) is 11.6 Å². The Kier molecular flexibility index (Phi) is 5.64. The highest BCUT2D eigenvalue weighted by atomic mass is 19.4. The number of benzene rings is 1. The van der Waals surface area contributed by atoms with Gasteiger partial charge in [0.05, 0.1) is 6.67 Å². The third kappa shape index (κ3) is 4.85. The summed E-state index contributed by atoms with van der Waals surface area (Å²) in [4.78, 5) is 0. The van der Waals surface area contributed by atoms with Crippen LogP contribution in [0.25, 0.3) is 0 Å². The summed E-state index contributed by atoms with van der Waals surface area (Å²) < 4.78 is 65.8. The van der Waals surface area contributed by atoms with Crippen molar-refractivity contribution in [2.45, 2.75) is 50.8 Å². The van der Waals surface area contributed by atoms with Crippen molar-refractivity contribution in [3.05, 3.63) is 29.6 Å². The zero-order valence-electron chi connectivity index (χ0n) is 12.1. The lowest BCUT2D eigenvalue weighted by molar-refractivity contribution is -0.275. The van der Waals surface area contributed by atoms with E-state index in [-0.39, 0.29) is 12.6 Å². The van der Waals surface area contributed by atoms with Crippen LogP contribution in [0.5, 0.6) is 5.75 Å². The molecular weight excluding hydrogens is 303 g/mol. The van der Waals surface area contributed by atoms with E-state index >= 15 is 0 Å². The smallest absolute Gasteiger partial charge is 0.403 e. The van der Waals surface area contributed by atoms with Gasteiger partial charge in [0, 0.05) is 0 Å². The number of alkyl halides is 4. The minimum absolute atomic E-state index is 0.149. The first-order valence-electron chi connectivity index (χ1n) is 7.50. The van der Waals surface area contributed by atoms with Gasteiger partial charge < -0.3 is 4.74 Å². The molecule has 0 atom stereocenters. The van der Waals surface area contributed by atoms with Crippen LogP contribution in [0.4, 0.5) is 22.0 Å². The third-order valence-electron chi connectivity index (χ3n) is 4.25. The molecule has 124 valence electrons. The van der Waals surface area contributed by atoms with E-state index in [1.54, 1.807) is 0 Å². The van der Waals surface area contributed by atoms with Crippen LogP contribution in [0.1, 0.15) is 50.0 Å². The van der Waals surface area contributed by atoms with E-state index in [9.17, 15) is 22.0 Å². The second kappa shape index (κ2) is 7.29. The van der Waals surface area contributed by atoms with Gasteiger partial charge in [0.2, 0.25) is 0 Å². The topological polar surface area (TPSA) is 9.23 Å². The Labute approximate surface area is 126 Å². The normalized spacial score (nSPS) is 22.6. The Morgan fingerprint density at radius 3 is 2.32 bits per heavy atom. The molecule has 0 aromatic heterocycles. The predicted octanol–water partition coefficient (Wildman–Crippen LogP) is 5.75. The monoisotopic (exact) mass is 322 g/mol. The SMILES string of the molecule is FCCCC1CCC(c2ccc(OC(F)(F)F)c(F)c2)CC1. The molecule has 1 fully saturated rings. The Morgan fingerprint density at radius 1 is 1.09 bits per heavy atom. The van der Waals surface area contributed by atoms with E-state index in [0.29, 0.717) is 17.9 Å². The van der Waals surface area contributed by atoms with Crippen LogP contribution in [0.15, 0.2) is 18.2 Å². The summed E-state index contributed by atoms with van der Waals surface area (Å²) in [5, 5.41) is 0. The average Bonchev–Trinajstić information content (AvgIpc) is 2.46. The molecule has 0 N–H and O–H groups in total. The first-order valence-corrected chi connectivity index (χ1v) is 7.50. The van der Waals surface area contributed by atoms with Gasteiger partial charge in [-0.1, -0.05) is 6.07 Å². The molecule has 1 aromatic rings. The van der Waals surface area contributed by atoms with Crippen LogP contribution < -0.4 is 4.74 Å². The number of hydrogen-bond acceptors (Lipinski definition) is 1. The molecule has 0 amide bonds. The van der Waals surface area contributed by atoms with Gasteiger partial charge in [0.1, 0.15) is 0 Å². The fraction of sp³-hybridized carbons (Fsp3) is 0.625. The van der Waals surface area contributed by atoms with Crippen molar-refractivity contribution in [2.24, 2.45) is 5.92 Å². The maximum absolute atomic E-state index is 13.7. The highest BCUT2D eigenvalue weighted by Crippen LogP contribution is 2.38. The molecule has 0 spiro atoms. The Morgan fingerprint density at radius 2 is 1.77 bits per heavy atom. The Hall–Kier alpha value is -1.33. The standard InChI is InChI=1S/C16H19F5O/c17-9-1-2-11-3-5-12(6-4-11)13-7-8-15(14(18)10-13)22-16(19,20)21/h7-8,10-12H,1-6,9H2. The first-order chi connectivity index (χ1) is 10.4. The van der Waals surface area contributed by atoms with E-state index in [1.165, 1.54) is 6.07 Å². The van der Waals surface area contributed by atoms with Crippen LogP contribution in [0.3, 0.4) is 0 Å². The van der Waals surface area contributed by atoms with Crippen molar-refractivity contribution >= 4 is 0 Å². The second-order valence-electron chi connectivity index (χ2n) is 5.79. The van der Waals surface area contributed by atoms with Crippen molar-refractivity contribution in [2.75, 3.05) is 6.67 Å². The van der Waals surface area contributed by atoms with Gasteiger partial charge >= 0.3 is 6.36 Å². The van der Waals surface area contributed by atoms with Crippen LogP contribution in [0, 0.1) is 11.7 Å². The lowest BCUT2D eigenvalue weighted by Crippen LogP contribution is -2.18. The van der Waals surface area contributed by atoms with E-state index in [2.05, 4.69) is 4.74 Å². The Bertz CT molecular complexity index is 478. The average molecular weight is 322 g/mol. The zero-order chi connectivity index (χ0) is 16.2. The largest absolute Gasteiger partial charge is 0.573 e. The summed E-state index contributed by atoms with van der Waals surface area (Å²) in [6.07, 6.45) is 0.173. The van der Waals surface area contributed by atoms with Gasteiger partial charge in [-0.05, 0) is 68.1 Å². The third-order valence-corrected chi connectivity index (χ3v) is 4.25. The van der Waals surface area contributed by atoms with Gasteiger partial charge in [-0.25, -0.2) is 4.39 Å². The van der Waals surface area contributed by atoms with Crippen LogP contribution in [-0.4, -0.2) is 13.0 Å². The number of rotatable bonds is 5. The molecule has 1 aliphatic carbocycles. The predicted molar refractivity (Wildman–Crippen MR) is 73.0 cm³/mol. The van der Waals surface area contributed by atoms with Crippen molar-refractivity contribution in [1.82, 2.24) is 0 Å². The zero-order valence-corrected chi connectivity index (χ0v) is 12.1. The lowest BCUT2D eigenvalue weighted by Gasteiger charge is -2.28. The van der Waals surface area contributed by atoms with Crippen molar-refractivity contribution in [3.8, 4) is 5.75 Å². The van der Waals surface area contributed by atoms with Crippen molar-refractivity contribution in [1.29, 1.82) is 0 Å². The highest BCUT2D eigenvalue weighted by molar-refractivity contribution is 5.31. The summed E-state index contributed by atoms with van der Waals surface area (Å²) >= 11 is 0. The fourth-order valence-electron chi connectivity index (χ4n) is 3.13. The van der Waals surface area contributed by atoms with E-state index in [0.717, 1.165) is 44.2 Å².